The van der Waals surface area contributed by atoms with Crippen molar-refractivity contribution >= 4 is 22.1 Å². The van der Waals surface area contributed by atoms with Gasteiger partial charge in [-0.2, -0.15) is 0 Å². The van der Waals surface area contributed by atoms with E-state index in [1.807, 2.05) is 81.4 Å². The van der Waals surface area contributed by atoms with E-state index in [9.17, 15) is 0 Å². The van der Waals surface area contributed by atoms with Gasteiger partial charge in [-0.15, -0.1) is 54.1 Å². The molecule has 45 heavy (non-hydrogen) atoms. The molecule has 0 aliphatic carbocycles. The van der Waals surface area contributed by atoms with Crippen molar-refractivity contribution in [3.8, 4) is 33.6 Å². The molecule has 1 radical (unpaired) electrons. The Bertz CT molecular complexity index is 2330. The molecular formula is C40H35IrN3O-2. The van der Waals surface area contributed by atoms with Gasteiger partial charge in [0.05, 0.1) is 5.58 Å². The maximum absolute atomic E-state index is 8.58. The van der Waals surface area contributed by atoms with Crippen LogP contribution in [0.5, 0.6) is 0 Å². The summed E-state index contributed by atoms with van der Waals surface area (Å²) in [5.41, 5.74) is 4.97. The van der Waals surface area contributed by atoms with E-state index in [4.69, 9.17) is 15.4 Å². The summed E-state index contributed by atoms with van der Waals surface area (Å²) in [6, 6.07) is 35.3. The minimum Gasteiger partial charge on any atom is -0.486 e. The summed E-state index contributed by atoms with van der Waals surface area (Å²) in [5.74, 6) is 0. The van der Waals surface area contributed by atoms with E-state index in [0.29, 0.717) is 33.8 Å². The Kier molecular flexibility index (Phi) is 6.99. The van der Waals surface area contributed by atoms with Crippen LogP contribution in [0.15, 0.2) is 114 Å². The number of hydrogen-bond acceptors (Lipinski definition) is 4. The first-order valence-corrected chi connectivity index (χ1v) is 14.2. The molecule has 3 aromatic carbocycles. The van der Waals surface area contributed by atoms with Crippen LogP contribution in [0, 0.1) is 31.3 Å². The maximum atomic E-state index is 8.58. The summed E-state index contributed by atoms with van der Waals surface area (Å²) < 4.78 is 69.0. The predicted molar refractivity (Wildman–Crippen MR) is 180 cm³/mol. The fourth-order valence-corrected chi connectivity index (χ4v) is 4.82. The van der Waals surface area contributed by atoms with Crippen LogP contribution in [0.1, 0.15) is 48.6 Å². The summed E-state index contributed by atoms with van der Waals surface area (Å²) >= 11 is 0. The molecule has 7 aromatic rings. The van der Waals surface area contributed by atoms with E-state index < -0.39 is 25.5 Å². The summed E-state index contributed by atoms with van der Waals surface area (Å²) in [7, 11) is 0. The number of fused-ring (bicyclic) bond motifs is 3. The molecule has 0 saturated carbocycles. The molecule has 4 nitrogen and oxygen atoms in total. The van der Waals surface area contributed by atoms with Gasteiger partial charge in [0.25, 0.3) is 0 Å². The van der Waals surface area contributed by atoms with Crippen molar-refractivity contribution < 1.29 is 35.5 Å². The number of furan rings is 1. The van der Waals surface area contributed by atoms with E-state index >= 15 is 0 Å². The molecule has 0 atom stereocenters. The van der Waals surface area contributed by atoms with E-state index in [0.717, 1.165) is 27.6 Å². The summed E-state index contributed by atoms with van der Waals surface area (Å²) in [5, 5.41) is 1.56. The van der Waals surface area contributed by atoms with Gasteiger partial charge in [-0.1, -0.05) is 80.3 Å². The molecule has 0 amide bonds. The van der Waals surface area contributed by atoms with Crippen LogP contribution in [-0.2, 0) is 26.5 Å². The minimum atomic E-state index is -2.32. The quantitative estimate of drug-likeness (QED) is 0.167. The first kappa shape index (κ1) is 23.0. The summed E-state index contributed by atoms with van der Waals surface area (Å²) in [6.45, 7) is 1.10. The first-order chi connectivity index (χ1) is 24.4. The van der Waals surface area contributed by atoms with Gasteiger partial charge in [-0.05, 0) is 71.3 Å². The summed E-state index contributed by atoms with van der Waals surface area (Å²) in [4.78, 5) is 13.2. The van der Waals surface area contributed by atoms with E-state index in [-0.39, 0.29) is 31.2 Å². The first-order valence-electron chi connectivity index (χ1n) is 18.2. The molecule has 0 saturated heterocycles. The molecule has 0 aliphatic rings. The van der Waals surface area contributed by atoms with Crippen molar-refractivity contribution in [3.63, 3.8) is 0 Å². The molecule has 0 aliphatic heterocycles. The van der Waals surface area contributed by atoms with Crippen LogP contribution in [-0.4, -0.2) is 15.0 Å². The third-order valence-electron chi connectivity index (χ3n) is 6.80. The molecule has 0 unspecified atom stereocenters. The van der Waals surface area contributed by atoms with Crippen LogP contribution >= 0.6 is 0 Å². The Labute approximate surface area is 290 Å². The van der Waals surface area contributed by atoms with Crippen LogP contribution in [0.3, 0.4) is 0 Å². The van der Waals surface area contributed by atoms with Crippen molar-refractivity contribution in [3.05, 3.63) is 138 Å². The van der Waals surface area contributed by atoms with Gasteiger partial charge in [-0.25, -0.2) is 4.98 Å². The Balaban J connectivity index is 0.000000267. The number of aromatic nitrogens is 3. The molecule has 227 valence electrons. The second-order valence-corrected chi connectivity index (χ2v) is 11.3. The number of benzene rings is 3. The molecule has 4 heterocycles. The topological polar surface area (TPSA) is 51.8 Å². The van der Waals surface area contributed by atoms with Crippen LogP contribution in [0.2, 0.25) is 0 Å². The zero-order chi connectivity index (χ0) is 37.5. The summed E-state index contributed by atoms with van der Waals surface area (Å²) in [6.07, 6.45) is 1.13. The third kappa shape index (κ3) is 7.45. The van der Waals surface area contributed by atoms with E-state index in [2.05, 4.69) is 27.1 Å². The smallest absolute Gasteiger partial charge is 0.216 e. The van der Waals surface area contributed by atoms with Crippen molar-refractivity contribution in [2.24, 2.45) is 5.41 Å². The van der Waals surface area contributed by atoms with E-state index in [1.165, 1.54) is 12.4 Å². The van der Waals surface area contributed by atoms with Gasteiger partial charge in [0, 0.05) is 54.5 Å². The molecule has 0 fully saturated rings. The second kappa shape index (κ2) is 13.7. The minimum absolute atomic E-state index is 0. The fraction of sp³-hybridized carbons (Fsp3) is 0.175. The van der Waals surface area contributed by atoms with Gasteiger partial charge >= 0.3 is 0 Å². The predicted octanol–water partition coefficient (Wildman–Crippen LogP) is 10.3. The number of aryl methyl sites for hydroxylation is 2. The van der Waals surface area contributed by atoms with Crippen molar-refractivity contribution in [1.82, 2.24) is 15.0 Å². The zero-order valence-electron chi connectivity index (χ0n) is 33.0. The Hall–Kier alpha value is -4.44. The van der Waals surface area contributed by atoms with Crippen molar-refractivity contribution in [2.75, 3.05) is 0 Å². The van der Waals surface area contributed by atoms with Crippen LogP contribution < -0.4 is 0 Å². The monoisotopic (exact) mass is 774 g/mol. The Morgan fingerprint density at radius 1 is 0.800 bits per heavy atom. The van der Waals surface area contributed by atoms with Gasteiger partial charge in [-0.3, -0.25) is 0 Å². The van der Waals surface area contributed by atoms with E-state index in [1.54, 1.807) is 36.4 Å². The van der Waals surface area contributed by atoms with Crippen LogP contribution in [0.4, 0.5) is 0 Å². The Morgan fingerprint density at radius 2 is 1.62 bits per heavy atom. The second-order valence-electron chi connectivity index (χ2n) is 11.3. The van der Waals surface area contributed by atoms with Gasteiger partial charge in [0.2, 0.25) is 5.71 Å². The number of nitrogens with zero attached hydrogens (tertiary/aromatic N) is 3. The average Bonchev–Trinajstić information content (AvgIpc) is 3.49. The fourth-order valence-electron chi connectivity index (χ4n) is 4.82. The standard InChI is InChI=1S/C28H25N2O.C12H10N.Ir/c1-18-17-29-25(15-24(18)19-9-6-5-7-10-19)23-12-8-11-21-22-14-13-20(16-28(2,3)4)30-27(22)31-26(21)23;1-10-7-8-12(13-9-10)11-5-3-2-4-6-11;/h5-11,13-15,17H,16H2,1-4H3;2-5,7-9H,1H3;/q2*-1;/i1D3,16D2;1D3;. The molecule has 5 heteroatoms. The van der Waals surface area contributed by atoms with Crippen molar-refractivity contribution in [1.29, 1.82) is 0 Å². The normalized spacial score (nSPS) is 14.6. The largest absolute Gasteiger partial charge is 0.486 e. The Morgan fingerprint density at radius 3 is 2.33 bits per heavy atom. The third-order valence-corrected chi connectivity index (χ3v) is 6.80. The number of pyridine rings is 3. The number of rotatable bonds is 4. The van der Waals surface area contributed by atoms with Crippen LogP contribution in [0.25, 0.3) is 55.7 Å². The van der Waals surface area contributed by atoms with Gasteiger partial charge in [0.15, 0.2) is 0 Å². The van der Waals surface area contributed by atoms with Crippen molar-refractivity contribution in [2.45, 2.75) is 40.8 Å². The maximum Gasteiger partial charge on any atom is 0.216 e. The average molecular weight is 774 g/mol. The molecule has 7 rings (SSSR count). The molecule has 0 bridgehead atoms. The molecule has 0 N–H and O–H groups in total. The molecule has 4 aromatic heterocycles. The SMILES string of the molecule is [2H]C([2H])([2H])c1ccc(-c2[c-]cccc2)nc1.[2H]C([2H])([2H])c1cnc(-c2[c-]ccc3c2oc2nc(C([2H])([2H])C(C)(C)C)ccc23)cc1-c1ccccc1.[Ir]. The van der Waals surface area contributed by atoms with Gasteiger partial charge < -0.3 is 14.4 Å². The number of hydrogen-bond donors (Lipinski definition) is 0. The molecular weight excluding hydrogens is 731 g/mol. The van der Waals surface area contributed by atoms with Gasteiger partial charge in [0.1, 0.15) is 0 Å². The zero-order valence-corrected chi connectivity index (χ0v) is 27.4. The molecule has 0 spiro atoms.